The molecule has 2 aromatic rings. The summed E-state index contributed by atoms with van der Waals surface area (Å²) in [6.45, 7) is 5.58. The smallest absolute Gasteiger partial charge is 0.257 e. The number of nitrogens with zero attached hydrogens (tertiary/aromatic N) is 2. The van der Waals surface area contributed by atoms with Crippen LogP contribution < -0.4 is 0 Å². The highest BCUT2D eigenvalue weighted by molar-refractivity contribution is 6.10. The number of benzene rings is 2. The first kappa shape index (κ1) is 15.5. The second kappa shape index (κ2) is 4.91. The zero-order chi connectivity index (χ0) is 18.2. The summed E-state index contributed by atoms with van der Waals surface area (Å²) >= 11 is 0. The van der Waals surface area contributed by atoms with Gasteiger partial charge in [0.1, 0.15) is 0 Å². The molecule has 1 fully saturated rings. The SMILES string of the molecule is CC(C)=NN1C(=O)[C@H]2C3c4ccccc4C(c4ccccc43)[C@@]2(C)C1=O. The van der Waals surface area contributed by atoms with Crippen LogP contribution in [0.4, 0.5) is 0 Å². The lowest BCUT2D eigenvalue weighted by Crippen LogP contribution is -2.49. The van der Waals surface area contributed by atoms with Gasteiger partial charge in [0.25, 0.3) is 11.8 Å². The summed E-state index contributed by atoms with van der Waals surface area (Å²) in [7, 11) is 0. The molecule has 4 heteroatoms. The van der Waals surface area contributed by atoms with Gasteiger partial charge in [-0.1, -0.05) is 48.5 Å². The van der Waals surface area contributed by atoms with Gasteiger partial charge in [-0.2, -0.15) is 10.1 Å². The minimum Gasteiger partial charge on any atom is -0.272 e. The Kier molecular flexibility index (Phi) is 2.93. The summed E-state index contributed by atoms with van der Waals surface area (Å²) in [5.41, 5.74) is 4.63. The van der Waals surface area contributed by atoms with E-state index in [1.165, 1.54) is 22.3 Å². The third-order valence-corrected chi connectivity index (χ3v) is 6.29. The molecule has 2 aromatic carbocycles. The Morgan fingerprint density at radius 1 is 0.923 bits per heavy atom. The highest BCUT2D eigenvalue weighted by Crippen LogP contribution is 2.66. The lowest BCUT2D eigenvalue weighted by Gasteiger charge is -2.51. The van der Waals surface area contributed by atoms with Crippen molar-refractivity contribution < 1.29 is 9.59 Å². The highest BCUT2D eigenvalue weighted by atomic mass is 16.2. The molecule has 0 radical (unpaired) electrons. The Hall–Kier alpha value is -2.75. The van der Waals surface area contributed by atoms with Gasteiger partial charge in [0.15, 0.2) is 0 Å². The van der Waals surface area contributed by atoms with E-state index in [2.05, 4.69) is 29.4 Å². The van der Waals surface area contributed by atoms with Crippen molar-refractivity contribution >= 4 is 17.5 Å². The lowest BCUT2D eigenvalue weighted by molar-refractivity contribution is -0.141. The predicted octanol–water partition coefficient (Wildman–Crippen LogP) is 3.66. The first-order chi connectivity index (χ1) is 12.5. The number of carbonyl (C=O) groups excluding carboxylic acids is 2. The van der Waals surface area contributed by atoms with Crippen LogP contribution in [-0.2, 0) is 9.59 Å². The third kappa shape index (κ3) is 1.62. The van der Waals surface area contributed by atoms with Crippen LogP contribution in [0, 0.1) is 11.3 Å². The quantitative estimate of drug-likeness (QED) is 0.585. The fraction of sp³-hybridized carbons (Fsp3) is 0.318. The summed E-state index contributed by atoms with van der Waals surface area (Å²) in [6, 6.07) is 16.5. The van der Waals surface area contributed by atoms with Gasteiger partial charge in [0.2, 0.25) is 0 Å². The van der Waals surface area contributed by atoms with Crippen LogP contribution in [0.2, 0.25) is 0 Å². The molecule has 1 saturated heterocycles. The Labute approximate surface area is 152 Å². The summed E-state index contributed by atoms with van der Waals surface area (Å²) < 4.78 is 0. The number of hydrogen-bond acceptors (Lipinski definition) is 3. The number of hydrazone groups is 1. The van der Waals surface area contributed by atoms with E-state index in [0.29, 0.717) is 5.71 Å². The molecule has 4 aliphatic rings. The van der Waals surface area contributed by atoms with Crippen molar-refractivity contribution in [1.29, 1.82) is 0 Å². The first-order valence-corrected chi connectivity index (χ1v) is 9.04. The van der Waals surface area contributed by atoms with E-state index >= 15 is 0 Å². The average Bonchev–Trinajstić information content (AvgIpc) is 2.82. The molecule has 0 spiro atoms. The molecule has 26 heavy (non-hydrogen) atoms. The Morgan fingerprint density at radius 3 is 1.92 bits per heavy atom. The van der Waals surface area contributed by atoms with E-state index in [1.54, 1.807) is 0 Å². The van der Waals surface area contributed by atoms with E-state index in [-0.39, 0.29) is 23.7 Å². The number of rotatable bonds is 1. The van der Waals surface area contributed by atoms with Crippen molar-refractivity contribution in [2.45, 2.75) is 32.6 Å². The maximum Gasteiger partial charge on any atom is 0.257 e. The van der Waals surface area contributed by atoms with Gasteiger partial charge in [0, 0.05) is 17.5 Å². The van der Waals surface area contributed by atoms with Gasteiger partial charge >= 0.3 is 0 Å². The summed E-state index contributed by atoms with van der Waals surface area (Å²) in [6.07, 6.45) is 0. The van der Waals surface area contributed by atoms with E-state index < -0.39 is 11.3 Å². The van der Waals surface area contributed by atoms with Crippen LogP contribution in [0.25, 0.3) is 0 Å². The molecule has 6 rings (SSSR count). The van der Waals surface area contributed by atoms with Crippen molar-refractivity contribution in [3.8, 4) is 0 Å². The molecule has 0 unspecified atom stereocenters. The molecular formula is C22H20N2O2. The molecule has 0 N–H and O–H groups in total. The van der Waals surface area contributed by atoms with Crippen molar-refractivity contribution in [3.63, 3.8) is 0 Å². The maximum absolute atomic E-state index is 13.4. The van der Waals surface area contributed by atoms with Gasteiger partial charge in [-0.3, -0.25) is 9.59 Å². The number of hydrogen-bond donors (Lipinski definition) is 0. The minimum atomic E-state index is -0.788. The monoisotopic (exact) mass is 344 g/mol. The zero-order valence-electron chi connectivity index (χ0n) is 15.1. The van der Waals surface area contributed by atoms with Crippen molar-refractivity contribution in [2.24, 2.45) is 16.4 Å². The van der Waals surface area contributed by atoms with E-state index in [0.717, 1.165) is 5.01 Å². The van der Waals surface area contributed by atoms with Gasteiger partial charge < -0.3 is 0 Å². The Balaban J connectivity index is 1.83. The van der Waals surface area contributed by atoms with Crippen molar-refractivity contribution in [3.05, 3.63) is 70.8 Å². The largest absolute Gasteiger partial charge is 0.272 e. The van der Waals surface area contributed by atoms with Crippen molar-refractivity contribution in [2.75, 3.05) is 0 Å². The molecule has 2 atom stereocenters. The number of amides is 2. The summed E-state index contributed by atoms with van der Waals surface area (Å²) in [4.78, 5) is 26.7. The molecule has 1 aliphatic heterocycles. The molecule has 1 heterocycles. The zero-order valence-corrected chi connectivity index (χ0v) is 15.1. The van der Waals surface area contributed by atoms with E-state index in [1.807, 2.05) is 45.0 Å². The van der Waals surface area contributed by atoms with Crippen LogP contribution in [0.15, 0.2) is 53.6 Å². The van der Waals surface area contributed by atoms with E-state index in [4.69, 9.17) is 0 Å². The standard InChI is InChI=1S/C22H20N2O2/c1-12(2)23-24-20(25)19-17-13-8-4-6-10-15(13)18(22(19,3)21(24)26)16-11-7-5-9-14(16)17/h4-11,17-19H,1-3H3/t17?,18?,19-,22-/m1/s1. The maximum atomic E-state index is 13.4. The summed E-state index contributed by atoms with van der Waals surface area (Å²) in [5.74, 6) is -0.941. The minimum absolute atomic E-state index is 0.0915. The predicted molar refractivity (Wildman–Crippen MR) is 98.8 cm³/mol. The fourth-order valence-corrected chi connectivity index (χ4v) is 5.39. The number of imide groups is 1. The Bertz CT molecular complexity index is 957. The second-order valence-electron chi connectivity index (χ2n) is 7.93. The summed E-state index contributed by atoms with van der Waals surface area (Å²) in [5, 5.41) is 5.42. The molecule has 130 valence electrons. The van der Waals surface area contributed by atoms with Gasteiger partial charge in [-0.25, -0.2) is 0 Å². The van der Waals surface area contributed by atoms with E-state index in [9.17, 15) is 9.59 Å². The molecule has 3 aliphatic carbocycles. The third-order valence-electron chi connectivity index (χ3n) is 6.29. The molecular weight excluding hydrogens is 324 g/mol. The Morgan fingerprint density at radius 2 is 1.42 bits per heavy atom. The van der Waals surface area contributed by atoms with Crippen LogP contribution in [0.5, 0.6) is 0 Å². The van der Waals surface area contributed by atoms with Gasteiger partial charge in [0.05, 0.1) is 11.3 Å². The van der Waals surface area contributed by atoms with Crippen LogP contribution in [0.3, 0.4) is 0 Å². The highest BCUT2D eigenvalue weighted by Gasteiger charge is 2.69. The first-order valence-electron chi connectivity index (χ1n) is 9.04. The average molecular weight is 344 g/mol. The van der Waals surface area contributed by atoms with Crippen LogP contribution >= 0.6 is 0 Å². The number of carbonyl (C=O) groups is 2. The van der Waals surface area contributed by atoms with Crippen LogP contribution in [-0.4, -0.2) is 22.5 Å². The molecule has 0 aromatic heterocycles. The van der Waals surface area contributed by atoms with Crippen LogP contribution in [0.1, 0.15) is 54.9 Å². The second-order valence-corrected chi connectivity index (χ2v) is 7.93. The van der Waals surface area contributed by atoms with Crippen molar-refractivity contribution in [1.82, 2.24) is 5.01 Å². The molecule has 2 amide bonds. The molecule has 2 bridgehead atoms. The lowest BCUT2D eigenvalue weighted by atomic mass is 9.48. The molecule has 4 nitrogen and oxygen atoms in total. The van der Waals surface area contributed by atoms with Gasteiger partial charge in [-0.05, 0) is 43.0 Å². The van der Waals surface area contributed by atoms with Gasteiger partial charge in [-0.15, -0.1) is 0 Å². The fourth-order valence-electron chi connectivity index (χ4n) is 5.39. The topological polar surface area (TPSA) is 49.7 Å². The normalized spacial score (nSPS) is 30.7. The molecule has 0 saturated carbocycles.